The number of nitrogens with zero attached hydrogens (tertiary/aromatic N) is 4. The molecule has 1 aromatic rings. The van der Waals surface area contributed by atoms with Crippen molar-refractivity contribution in [1.82, 2.24) is 19.4 Å². The molecule has 1 aromatic heterocycles. The molecule has 2 rings (SSSR count). The van der Waals surface area contributed by atoms with Gasteiger partial charge in [0.1, 0.15) is 10.7 Å². The monoisotopic (exact) mass is 255 g/mol. The maximum Gasteiger partial charge on any atom is 0.134 e. The van der Waals surface area contributed by atoms with E-state index in [2.05, 4.69) is 31.6 Å². The van der Waals surface area contributed by atoms with Gasteiger partial charge in [0.15, 0.2) is 0 Å². The van der Waals surface area contributed by atoms with Gasteiger partial charge in [0, 0.05) is 51.3 Å². The van der Waals surface area contributed by atoms with Gasteiger partial charge in [-0.3, -0.25) is 4.90 Å². The summed E-state index contributed by atoms with van der Waals surface area (Å²) in [6.07, 6.45) is 1.25. The van der Waals surface area contributed by atoms with Crippen molar-refractivity contribution in [2.24, 2.45) is 0 Å². The van der Waals surface area contributed by atoms with E-state index in [1.54, 1.807) is 0 Å². The van der Waals surface area contributed by atoms with Crippen LogP contribution in [-0.4, -0.2) is 59.2 Å². The lowest BCUT2D eigenvalue weighted by Gasteiger charge is -2.34. The molecule has 0 saturated carbocycles. The Morgan fingerprint density at radius 2 is 1.94 bits per heavy atom. The van der Waals surface area contributed by atoms with E-state index in [-0.39, 0.29) is 0 Å². The van der Waals surface area contributed by atoms with Gasteiger partial charge in [-0.05, 0) is 13.0 Å². The Morgan fingerprint density at radius 1 is 1.24 bits per heavy atom. The average Bonchev–Trinajstić information content (AvgIpc) is 2.79. The van der Waals surface area contributed by atoms with Gasteiger partial charge in [-0.2, -0.15) is 0 Å². The van der Waals surface area contributed by atoms with Gasteiger partial charge in [-0.15, -0.1) is 5.10 Å². The smallest absolute Gasteiger partial charge is 0.134 e. The molecule has 0 spiro atoms. The van der Waals surface area contributed by atoms with Crippen LogP contribution in [0, 0.1) is 0 Å². The third kappa shape index (κ3) is 3.37. The predicted molar refractivity (Wildman–Crippen MR) is 71.5 cm³/mol. The minimum atomic E-state index is 0.923. The van der Waals surface area contributed by atoms with Crippen LogP contribution >= 0.6 is 11.5 Å². The van der Waals surface area contributed by atoms with Crippen LogP contribution in [0.4, 0.5) is 5.00 Å². The van der Waals surface area contributed by atoms with Crippen molar-refractivity contribution < 1.29 is 0 Å². The summed E-state index contributed by atoms with van der Waals surface area (Å²) in [5.74, 6) is 0. The van der Waals surface area contributed by atoms with Crippen LogP contribution in [0.3, 0.4) is 0 Å². The number of hydrogen-bond donors (Lipinski definition) is 1. The molecule has 96 valence electrons. The molecular weight excluding hydrogens is 234 g/mol. The summed E-state index contributed by atoms with van der Waals surface area (Å²) in [6.45, 7) is 9.04. The van der Waals surface area contributed by atoms with Gasteiger partial charge >= 0.3 is 0 Å². The average molecular weight is 255 g/mol. The fraction of sp³-hybridized carbons (Fsp3) is 0.818. The lowest BCUT2D eigenvalue weighted by Crippen LogP contribution is -2.46. The Balaban J connectivity index is 1.82. The van der Waals surface area contributed by atoms with Crippen molar-refractivity contribution in [1.29, 1.82) is 0 Å². The summed E-state index contributed by atoms with van der Waals surface area (Å²) in [5, 5.41) is 8.44. The first-order valence-corrected chi connectivity index (χ1v) is 7.04. The Bertz CT molecular complexity index is 332. The molecular formula is C11H21N5S. The van der Waals surface area contributed by atoms with Gasteiger partial charge in [0.25, 0.3) is 0 Å². The highest BCUT2D eigenvalue weighted by Crippen LogP contribution is 2.19. The highest BCUT2D eigenvalue weighted by Gasteiger charge is 2.18. The number of piperazine rings is 1. The second kappa shape index (κ2) is 6.28. The molecule has 0 atom stereocenters. The van der Waals surface area contributed by atoms with Gasteiger partial charge in [-0.1, -0.05) is 11.4 Å². The first kappa shape index (κ1) is 12.7. The highest BCUT2D eigenvalue weighted by atomic mass is 32.1. The Kier molecular flexibility index (Phi) is 4.70. The molecule has 1 saturated heterocycles. The number of aromatic nitrogens is 2. The first-order valence-electron chi connectivity index (χ1n) is 6.27. The molecule has 6 heteroatoms. The van der Waals surface area contributed by atoms with Crippen molar-refractivity contribution in [3.05, 3.63) is 5.69 Å². The molecule has 5 nitrogen and oxygen atoms in total. The minimum Gasteiger partial charge on any atom is -0.377 e. The molecule has 1 N–H and O–H groups in total. The Morgan fingerprint density at radius 3 is 2.59 bits per heavy atom. The van der Waals surface area contributed by atoms with E-state index in [1.165, 1.54) is 37.6 Å². The normalized spacial score (nSPS) is 18.5. The molecule has 1 aliphatic heterocycles. The number of hydrogen-bond acceptors (Lipinski definition) is 6. The Hall–Kier alpha value is -0.720. The molecule has 17 heavy (non-hydrogen) atoms. The predicted octanol–water partition coefficient (Wildman–Crippen LogP) is 1.11. The van der Waals surface area contributed by atoms with Crippen LogP contribution in [0.15, 0.2) is 0 Å². The van der Waals surface area contributed by atoms with Gasteiger partial charge in [0.05, 0.1) is 0 Å². The fourth-order valence-electron chi connectivity index (χ4n) is 2.20. The lowest BCUT2D eigenvalue weighted by molar-refractivity contribution is 0.126. The maximum absolute atomic E-state index is 4.19. The van der Waals surface area contributed by atoms with E-state index in [1.807, 2.05) is 7.05 Å². The number of nitrogens with one attached hydrogen (secondary N) is 1. The second-order valence-corrected chi connectivity index (χ2v) is 5.17. The SMILES string of the molecule is CCCN1CCN(Cc2nnsc2NC)CC1. The summed E-state index contributed by atoms with van der Waals surface area (Å²) in [6, 6.07) is 0. The zero-order chi connectivity index (χ0) is 12.1. The van der Waals surface area contributed by atoms with Crippen LogP contribution < -0.4 is 5.32 Å². The second-order valence-electron chi connectivity index (χ2n) is 4.42. The summed E-state index contributed by atoms with van der Waals surface area (Å²) < 4.78 is 3.99. The van der Waals surface area contributed by atoms with Gasteiger partial charge in [0.2, 0.25) is 0 Å². The van der Waals surface area contributed by atoms with E-state index < -0.39 is 0 Å². The molecule has 0 aliphatic carbocycles. The number of rotatable bonds is 5. The van der Waals surface area contributed by atoms with Crippen molar-refractivity contribution >= 4 is 16.5 Å². The summed E-state index contributed by atoms with van der Waals surface area (Å²) in [7, 11) is 1.93. The quantitative estimate of drug-likeness (QED) is 0.854. The van der Waals surface area contributed by atoms with Gasteiger partial charge in [-0.25, -0.2) is 0 Å². The third-order valence-electron chi connectivity index (χ3n) is 3.16. The molecule has 0 aromatic carbocycles. The van der Waals surface area contributed by atoms with Gasteiger partial charge < -0.3 is 10.2 Å². The minimum absolute atomic E-state index is 0.923. The third-order valence-corrected chi connectivity index (χ3v) is 3.95. The molecule has 0 bridgehead atoms. The van der Waals surface area contributed by atoms with Crippen LogP contribution in [0.1, 0.15) is 19.0 Å². The van der Waals surface area contributed by atoms with E-state index in [0.29, 0.717) is 0 Å². The zero-order valence-electron chi connectivity index (χ0n) is 10.6. The van der Waals surface area contributed by atoms with E-state index in [4.69, 9.17) is 0 Å². The molecule has 1 fully saturated rings. The van der Waals surface area contributed by atoms with Crippen LogP contribution in [0.25, 0.3) is 0 Å². The lowest BCUT2D eigenvalue weighted by atomic mass is 10.3. The first-order chi connectivity index (χ1) is 8.33. The summed E-state index contributed by atoms with van der Waals surface area (Å²) >= 11 is 1.44. The molecule has 0 unspecified atom stereocenters. The van der Waals surface area contributed by atoms with Crippen molar-refractivity contribution in [2.45, 2.75) is 19.9 Å². The van der Waals surface area contributed by atoms with E-state index >= 15 is 0 Å². The van der Waals surface area contributed by atoms with Crippen LogP contribution in [0.2, 0.25) is 0 Å². The highest BCUT2D eigenvalue weighted by molar-refractivity contribution is 7.10. The maximum atomic E-state index is 4.19. The van der Waals surface area contributed by atoms with E-state index in [0.717, 1.165) is 30.3 Å². The largest absolute Gasteiger partial charge is 0.377 e. The van der Waals surface area contributed by atoms with Crippen molar-refractivity contribution in [3.63, 3.8) is 0 Å². The molecule has 0 radical (unpaired) electrons. The molecule has 1 aliphatic rings. The topological polar surface area (TPSA) is 44.3 Å². The summed E-state index contributed by atoms with van der Waals surface area (Å²) in [5.41, 5.74) is 1.08. The molecule has 2 heterocycles. The van der Waals surface area contributed by atoms with Crippen molar-refractivity contribution in [2.75, 3.05) is 45.1 Å². The van der Waals surface area contributed by atoms with E-state index in [9.17, 15) is 0 Å². The Labute approximate surface area is 107 Å². The number of anilines is 1. The standard InChI is InChI=1S/C11H21N5S/c1-3-4-15-5-7-16(8-6-15)9-10-11(12-2)17-14-13-10/h12H,3-9H2,1-2H3. The van der Waals surface area contributed by atoms with Crippen LogP contribution in [0.5, 0.6) is 0 Å². The van der Waals surface area contributed by atoms with Crippen LogP contribution in [-0.2, 0) is 6.54 Å². The zero-order valence-corrected chi connectivity index (χ0v) is 11.5. The fourth-order valence-corrected chi connectivity index (χ4v) is 2.72. The summed E-state index contributed by atoms with van der Waals surface area (Å²) in [4.78, 5) is 5.00. The van der Waals surface area contributed by atoms with Crippen molar-refractivity contribution in [3.8, 4) is 0 Å². The molecule has 0 amide bonds.